The van der Waals surface area contributed by atoms with Crippen molar-refractivity contribution >= 4 is 39.1 Å². The van der Waals surface area contributed by atoms with Gasteiger partial charge in [-0.15, -0.1) is 0 Å². The van der Waals surface area contributed by atoms with Crippen molar-refractivity contribution < 1.29 is 18.0 Å². The summed E-state index contributed by atoms with van der Waals surface area (Å²) in [4.78, 5) is 27.7. The third kappa shape index (κ3) is 7.74. The second-order valence-electron chi connectivity index (χ2n) is 8.53. The molecule has 2 amide bonds. The molecule has 2 rings (SSSR count). The Morgan fingerprint density at radius 1 is 1.09 bits per heavy atom. The molecule has 0 heterocycles. The molecule has 0 aliphatic heterocycles. The largest absolute Gasteiger partial charge is 0.354 e. The molecule has 1 atom stereocenters. The van der Waals surface area contributed by atoms with Crippen LogP contribution in [0.25, 0.3) is 0 Å². The summed E-state index contributed by atoms with van der Waals surface area (Å²) >= 11 is 6.03. The number of aryl methyl sites for hydroxylation is 2. The normalized spacial score (nSPS) is 12.2. The van der Waals surface area contributed by atoms with Crippen LogP contribution in [0.2, 0.25) is 5.02 Å². The average Bonchev–Trinajstić information content (AvgIpc) is 2.76. The van der Waals surface area contributed by atoms with E-state index in [2.05, 4.69) is 5.32 Å². The summed E-state index contributed by atoms with van der Waals surface area (Å²) < 4.78 is 26.3. The van der Waals surface area contributed by atoms with E-state index in [-0.39, 0.29) is 12.5 Å². The smallest absolute Gasteiger partial charge is 0.244 e. The summed E-state index contributed by atoms with van der Waals surface area (Å²) in [5.41, 5.74) is 2.92. The molecule has 0 fully saturated rings. The third-order valence-corrected chi connectivity index (χ3v) is 6.94. The van der Waals surface area contributed by atoms with Crippen molar-refractivity contribution in [2.24, 2.45) is 0 Å². The number of carbonyl (C=O) groups is 2. The number of anilines is 1. The summed E-state index contributed by atoms with van der Waals surface area (Å²) in [5, 5.41) is 3.34. The zero-order valence-corrected chi connectivity index (χ0v) is 22.0. The number of benzene rings is 2. The SMILES string of the molecule is CCCCNC(=O)[C@H](C)N(Cc1ccc(C)cc1)C(=O)CN(c1ccc(Cl)cc1C)S(C)(=O)=O. The van der Waals surface area contributed by atoms with E-state index >= 15 is 0 Å². The van der Waals surface area contributed by atoms with Gasteiger partial charge < -0.3 is 10.2 Å². The molecule has 0 aliphatic rings. The summed E-state index contributed by atoms with van der Waals surface area (Å²) in [5.74, 6) is -0.749. The molecule has 0 bridgehead atoms. The summed E-state index contributed by atoms with van der Waals surface area (Å²) in [7, 11) is -3.78. The van der Waals surface area contributed by atoms with Crippen LogP contribution < -0.4 is 9.62 Å². The van der Waals surface area contributed by atoms with Gasteiger partial charge in [0.25, 0.3) is 0 Å². The number of amides is 2. The maximum Gasteiger partial charge on any atom is 0.244 e. The van der Waals surface area contributed by atoms with Gasteiger partial charge in [-0.1, -0.05) is 54.8 Å². The molecule has 0 saturated carbocycles. The van der Waals surface area contributed by atoms with Gasteiger partial charge in [-0.3, -0.25) is 13.9 Å². The predicted octanol–water partition coefficient (Wildman–Crippen LogP) is 4.06. The van der Waals surface area contributed by atoms with Crippen LogP contribution in [0.4, 0.5) is 5.69 Å². The Morgan fingerprint density at radius 3 is 2.29 bits per heavy atom. The summed E-state index contributed by atoms with van der Waals surface area (Å²) in [6, 6.07) is 11.7. The van der Waals surface area contributed by atoms with Gasteiger partial charge in [0.1, 0.15) is 12.6 Å². The average molecular weight is 508 g/mol. The molecular weight excluding hydrogens is 474 g/mol. The summed E-state index contributed by atoms with van der Waals surface area (Å²) in [6.07, 6.45) is 2.83. The fourth-order valence-corrected chi connectivity index (χ4v) is 4.64. The van der Waals surface area contributed by atoms with Gasteiger partial charge in [-0.2, -0.15) is 0 Å². The van der Waals surface area contributed by atoms with Crippen LogP contribution in [0.3, 0.4) is 0 Å². The molecule has 0 aliphatic carbocycles. The molecule has 0 radical (unpaired) electrons. The number of sulfonamides is 1. The Morgan fingerprint density at radius 2 is 1.74 bits per heavy atom. The number of carbonyl (C=O) groups excluding carboxylic acids is 2. The first kappa shape index (κ1) is 27.7. The molecular formula is C25H34ClN3O4S. The highest BCUT2D eigenvalue weighted by molar-refractivity contribution is 7.92. The minimum absolute atomic E-state index is 0.179. The van der Waals surface area contributed by atoms with Crippen molar-refractivity contribution in [1.29, 1.82) is 0 Å². The van der Waals surface area contributed by atoms with E-state index in [0.717, 1.165) is 34.5 Å². The highest BCUT2D eigenvalue weighted by atomic mass is 35.5. The Bertz CT molecular complexity index is 1100. The zero-order chi connectivity index (χ0) is 25.5. The van der Waals surface area contributed by atoms with Crippen molar-refractivity contribution in [3.8, 4) is 0 Å². The molecule has 2 aromatic carbocycles. The lowest BCUT2D eigenvalue weighted by atomic mass is 10.1. The molecule has 9 heteroatoms. The molecule has 1 N–H and O–H groups in total. The second kappa shape index (κ2) is 12.2. The van der Waals surface area contributed by atoms with Crippen molar-refractivity contribution in [3.63, 3.8) is 0 Å². The monoisotopic (exact) mass is 507 g/mol. The molecule has 0 aromatic heterocycles. The molecule has 186 valence electrons. The summed E-state index contributed by atoms with van der Waals surface area (Å²) in [6.45, 7) is 7.66. The number of unbranched alkanes of at least 4 members (excludes halogenated alkanes) is 1. The Balaban J connectivity index is 2.37. The first-order chi connectivity index (χ1) is 15.9. The van der Waals surface area contributed by atoms with Gasteiger partial charge in [0.05, 0.1) is 11.9 Å². The maximum absolute atomic E-state index is 13.5. The number of nitrogens with zero attached hydrogens (tertiary/aromatic N) is 2. The van der Waals surface area contributed by atoms with Crippen LogP contribution in [0.5, 0.6) is 0 Å². The topological polar surface area (TPSA) is 86.8 Å². The van der Waals surface area contributed by atoms with Crippen LogP contribution >= 0.6 is 11.6 Å². The van der Waals surface area contributed by atoms with Crippen LogP contribution in [0.1, 0.15) is 43.4 Å². The van der Waals surface area contributed by atoms with Crippen molar-refractivity contribution in [2.45, 2.75) is 53.1 Å². The van der Waals surface area contributed by atoms with E-state index in [9.17, 15) is 18.0 Å². The fraction of sp³-hybridized carbons (Fsp3) is 0.440. The van der Waals surface area contributed by atoms with Crippen molar-refractivity contribution in [1.82, 2.24) is 10.2 Å². The third-order valence-electron chi connectivity index (χ3n) is 5.58. The molecule has 34 heavy (non-hydrogen) atoms. The van der Waals surface area contributed by atoms with E-state index < -0.39 is 28.5 Å². The minimum atomic E-state index is -3.78. The quantitative estimate of drug-likeness (QED) is 0.465. The highest BCUT2D eigenvalue weighted by Crippen LogP contribution is 2.26. The van der Waals surface area contributed by atoms with Crippen molar-refractivity contribution in [3.05, 3.63) is 64.2 Å². The molecule has 7 nitrogen and oxygen atoms in total. The van der Waals surface area contributed by atoms with Gasteiger partial charge in [-0.05, 0) is 56.5 Å². The van der Waals surface area contributed by atoms with E-state index in [4.69, 9.17) is 11.6 Å². The van der Waals surface area contributed by atoms with E-state index in [1.807, 2.05) is 38.1 Å². The van der Waals surface area contributed by atoms with Crippen LogP contribution in [-0.2, 0) is 26.2 Å². The number of rotatable bonds is 11. The number of hydrogen-bond donors (Lipinski definition) is 1. The van der Waals surface area contributed by atoms with Gasteiger partial charge in [0.15, 0.2) is 0 Å². The minimum Gasteiger partial charge on any atom is -0.354 e. The van der Waals surface area contributed by atoms with Crippen molar-refractivity contribution in [2.75, 3.05) is 23.7 Å². The van der Waals surface area contributed by atoms with E-state index in [0.29, 0.717) is 22.8 Å². The zero-order valence-electron chi connectivity index (χ0n) is 20.5. The number of hydrogen-bond acceptors (Lipinski definition) is 4. The molecule has 2 aromatic rings. The van der Waals surface area contributed by atoms with Crippen LogP contribution in [0, 0.1) is 13.8 Å². The first-order valence-corrected chi connectivity index (χ1v) is 13.5. The standard InChI is InChI=1S/C25H34ClN3O4S/c1-6-7-14-27-25(31)20(4)28(16-21-10-8-18(2)9-11-21)24(30)17-29(34(5,32)33)23-13-12-22(26)15-19(23)3/h8-13,15,20H,6-7,14,16-17H2,1-5H3,(H,27,31)/t20-/m0/s1. The van der Waals surface area contributed by atoms with E-state index in [1.54, 1.807) is 32.0 Å². The Labute approximate surface area is 208 Å². The fourth-order valence-electron chi connectivity index (χ4n) is 3.50. The maximum atomic E-state index is 13.5. The van der Waals surface area contributed by atoms with Gasteiger partial charge in [0.2, 0.25) is 21.8 Å². The number of nitrogens with one attached hydrogen (secondary N) is 1. The van der Waals surface area contributed by atoms with Gasteiger partial charge >= 0.3 is 0 Å². The lowest BCUT2D eigenvalue weighted by Crippen LogP contribution is -2.51. The van der Waals surface area contributed by atoms with Gasteiger partial charge in [0, 0.05) is 18.1 Å². The number of halogens is 1. The lowest BCUT2D eigenvalue weighted by molar-refractivity contribution is -0.139. The molecule has 0 spiro atoms. The predicted molar refractivity (Wildman–Crippen MR) is 137 cm³/mol. The van der Waals surface area contributed by atoms with E-state index in [1.165, 1.54) is 4.90 Å². The Hall–Kier alpha value is -2.58. The Kier molecular flexibility index (Phi) is 9.94. The molecule has 0 saturated heterocycles. The van der Waals surface area contributed by atoms with Crippen LogP contribution in [0.15, 0.2) is 42.5 Å². The van der Waals surface area contributed by atoms with Crippen LogP contribution in [-0.4, -0.2) is 50.5 Å². The highest BCUT2D eigenvalue weighted by Gasteiger charge is 2.30. The first-order valence-electron chi connectivity index (χ1n) is 11.3. The second-order valence-corrected chi connectivity index (χ2v) is 10.9. The van der Waals surface area contributed by atoms with Gasteiger partial charge in [-0.25, -0.2) is 8.42 Å². The lowest BCUT2D eigenvalue weighted by Gasteiger charge is -2.32. The molecule has 0 unspecified atom stereocenters.